The van der Waals surface area contributed by atoms with Crippen molar-refractivity contribution < 1.29 is 9.47 Å². The van der Waals surface area contributed by atoms with E-state index in [1.807, 2.05) is 0 Å². The highest BCUT2D eigenvalue weighted by Gasteiger charge is 2.44. The Balaban J connectivity index is 1.54. The van der Waals surface area contributed by atoms with E-state index in [9.17, 15) is 0 Å². The highest BCUT2D eigenvalue weighted by Crippen LogP contribution is 2.54. The molecule has 1 spiro atoms. The van der Waals surface area contributed by atoms with Gasteiger partial charge in [-0.25, -0.2) is 0 Å². The second-order valence-electron chi connectivity index (χ2n) is 8.13. The second-order valence-corrected chi connectivity index (χ2v) is 8.13. The summed E-state index contributed by atoms with van der Waals surface area (Å²) in [5.41, 5.74) is 8.94. The van der Waals surface area contributed by atoms with Crippen molar-refractivity contribution in [3.05, 3.63) is 58.7 Å². The molecule has 2 aliphatic rings. The number of hydrogen-bond acceptors (Lipinski definition) is 3. The third kappa shape index (κ3) is 3.44. The maximum Gasteiger partial charge on any atom is 0.0700 e. The highest BCUT2D eigenvalue weighted by atomic mass is 16.5. The van der Waals surface area contributed by atoms with Crippen LogP contribution in [0.3, 0.4) is 0 Å². The summed E-state index contributed by atoms with van der Waals surface area (Å²) >= 11 is 0. The van der Waals surface area contributed by atoms with E-state index in [2.05, 4.69) is 55.1 Å². The molecule has 2 aromatic carbocycles. The van der Waals surface area contributed by atoms with Gasteiger partial charge in [0.15, 0.2) is 0 Å². The largest absolute Gasteiger partial charge is 0.382 e. The number of methoxy groups -OCH3 is 1. The van der Waals surface area contributed by atoms with E-state index in [4.69, 9.17) is 9.47 Å². The summed E-state index contributed by atoms with van der Waals surface area (Å²) in [4.78, 5) is 2.56. The number of likely N-dealkylation sites (tertiary alicyclic amines) is 1. The first-order valence-electron chi connectivity index (χ1n) is 10.2. The van der Waals surface area contributed by atoms with Gasteiger partial charge in [-0.2, -0.15) is 0 Å². The number of aryl methyl sites for hydroxylation is 2. The molecule has 1 fully saturated rings. The molecule has 1 heterocycles. The topological polar surface area (TPSA) is 21.7 Å². The number of rotatable bonds is 6. The summed E-state index contributed by atoms with van der Waals surface area (Å²) in [6.07, 6.45) is 2.38. The zero-order valence-corrected chi connectivity index (χ0v) is 16.9. The number of piperidine rings is 1. The van der Waals surface area contributed by atoms with Gasteiger partial charge < -0.3 is 14.4 Å². The monoisotopic (exact) mass is 365 g/mol. The van der Waals surface area contributed by atoms with E-state index in [0.29, 0.717) is 13.2 Å². The molecule has 2 aromatic rings. The first kappa shape index (κ1) is 18.7. The van der Waals surface area contributed by atoms with Crippen LogP contribution in [0.4, 0.5) is 0 Å². The van der Waals surface area contributed by atoms with E-state index in [1.54, 1.807) is 18.2 Å². The van der Waals surface area contributed by atoms with E-state index in [1.165, 1.54) is 35.1 Å². The Morgan fingerprint density at radius 1 is 0.852 bits per heavy atom. The molecule has 0 amide bonds. The third-order valence-corrected chi connectivity index (χ3v) is 6.36. The standard InChI is InChI=1S/C24H31NO2/c1-18-4-6-20-21-7-5-19(2)17-23(21)24(22(20)16-18)8-10-25(11-9-24)12-13-27-15-14-26-3/h4-7,16-17H,8-15H2,1-3H3. The summed E-state index contributed by atoms with van der Waals surface area (Å²) in [5.74, 6) is 0. The van der Waals surface area contributed by atoms with Crippen LogP contribution in [0, 0.1) is 13.8 Å². The molecule has 0 aromatic heterocycles. The van der Waals surface area contributed by atoms with Gasteiger partial charge in [0, 0.05) is 19.1 Å². The van der Waals surface area contributed by atoms with E-state index >= 15 is 0 Å². The number of benzene rings is 2. The molecule has 0 atom stereocenters. The van der Waals surface area contributed by atoms with Crippen LogP contribution in [-0.2, 0) is 14.9 Å². The van der Waals surface area contributed by atoms with Crippen molar-refractivity contribution >= 4 is 0 Å². The molecule has 3 heteroatoms. The van der Waals surface area contributed by atoms with Gasteiger partial charge in [0.2, 0.25) is 0 Å². The predicted molar refractivity (Wildman–Crippen MR) is 111 cm³/mol. The molecular weight excluding hydrogens is 334 g/mol. The fraction of sp³-hybridized carbons (Fsp3) is 0.500. The first-order chi connectivity index (χ1) is 13.1. The van der Waals surface area contributed by atoms with Crippen molar-refractivity contribution in [1.29, 1.82) is 0 Å². The summed E-state index contributed by atoms with van der Waals surface area (Å²) in [6.45, 7) is 9.87. The summed E-state index contributed by atoms with van der Waals surface area (Å²) in [7, 11) is 1.72. The lowest BCUT2D eigenvalue weighted by atomic mass is 9.70. The minimum atomic E-state index is 0.191. The molecule has 1 aliphatic carbocycles. The Bertz CT molecular complexity index is 753. The van der Waals surface area contributed by atoms with Crippen molar-refractivity contribution in [3.8, 4) is 11.1 Å². The number of fused-ring (bicyclic) bond motifs is 5. The van der Waals surface area contributed by atoms with Crippen LogP contribution in [-0.4, -0.2) is 51.5 Å². The van der Waals surface area contributed by atoms with Gasteiger partial charge in [0.1, 0.15) is 0 Å². The van der Waals surface area contributed by atoms with Crippen LogP contribution in [0.2, 0.25) is 0 Å². The van der Waals surface area contributed by atoms with Crippen LogP contribution in [0.25, 0.3) is 11.1 Å². The Hall–Kier alpha value is -1.68. The smallest absolute Gasteiger partial charge is 0.0700 e. The molecule has 4 rings (SSSR count). The third-order valence-electron chi connectivity index (χ3n) is 6.36. The number of ether oxygens (including phenoxy) is 2. The molecule has 1 aliphatic heterocycles. The second kappa shape index (κ2) is 7.75. The van der Waals surface area contributed by atoms with Crippen molar-refractivity contribution in [2.45, 2.75) is 32.1 Å². The maximum absolute atomic E-state index is 5.67. The Kier molecular flexibility index (Phi) is 5.36. The highest BCUT2D eigenvalue weighted by molar-refractivity contribution is 5.81. The van der Waals surface area contributed by atoms with Gasteiger partial charge in [-0.05, 0) is 62.0 Å². The molecule has 27 heavy (non-hydrogen) atoms. The van der Waals surface area contributed by atoms with Crippen molar-refractivity contribution in [2.75, 3.05) is 46.6 Å². The summed E-state index contributed by atoms with van der Waals surface area (Å²) in [6, 6.07) is 14.1. The molecule has 0 unspecified atom stereocenters. The molecule has 1 saturated heterocycles. The van der Waals surface area contributed by atoms with Crippen molar-refractivity contribution in [1.82, 2.24) is 4.90 Å². The molecule has 0 N–H and O–H groups in total. The first-order valence-corrected chi connectivity index (χ1v) is 10.2. The van der Waals surface area contributed by atoms with Gasteiger partial charge in [-0.15, -0.1) is 0 Å². The fourth-order valence-corrected chi connectivity index (χ4v) is 4.86. The van der Waals surface area contributed by atoms with Crippen molar-refractivity contribution in [2.24, 2.45) is 0 Å². The zero-order chi connectivity index (χ0) is 18.9. The minimum Gasteiger partial charge on any atom is -0.382 e. The van der Waals surface area contributed by atoms with Gasteiger partial charge in [-0.3, -0.25) is 0 Å². The average molecular weight is 366 g/mol. The van der Waals surface area contributed by atoms with Gasteiger partial charge in [0.05, 0.1) is 19.8 Å². The molecule has 3 nitrogen and oxygen atoms in total. The Morgan fingerprint density at radius 3 is 2.00 bits per heavy atom. The number of hydrogen-bond donors (Lipinski definition) is 0. The van der Waals surface area contributed by atoms with Crippen LogP contribution in [0.5, 0.6) is 0 Å². The quantitative estimate of drug-likeness (QED) is 0.711. The predicted octanol–water partition coefficient (Wildman–Crippen LogP) is 4.33. The van der Waals surface area contributed by atoms with E-state index in [0.717, 1.165) is 26.2 Å². The normalized spacial score (nSPS) is 17.9. The molecule has 0 radical (unpaired) electrons. The molecule has 144 valence electrons. The van der Waals surface area contributed by atoms with Crippen LogP contribution in [0.15, 0.2) is 36.4 Å². The van der Waals surface area contributed by atoms with E-state index < -0.39 is 0 Å². The van der Waals surface area contributed by atoms with E-state index in [-0.39, 0.29) is 5.41 Å². The van der Waals surface area contributed by atoms with Crippen LogP contribution >= 0.6 is 0 Å². The summed E-state index contributed by atoms with van der Waals surface area (Å²) < 4.78 is 10.7. The SMILES string of the molecule is COCCOCCN1CCC2(CC1)c1cc(C)ccc1-c1ccc(C)cc12. The van der Waals surface area contributed by atoms with Crippen LogP contribution < -0.4 is 0 Å². The lowest BCUT2D eigenvalue weighted by molar-refractivity contribution is 0.0507. The molecule has 0 bridgehead atoms. The Morgan fingerprint density at radius 2 is 1.44 bits per heavy atom. The lowest BCUT2D eigenvalue weighted by Crippen LogP contribution is -2.43. The maximum atomic E-state index is 5.67. The fourth-order valence-electron chi connectivity index (χ4n) is 4.86. The molecular formula is C24H31NO2. The molecule has 0 saturated carbocycles. The zero-order valence-electron chi connectivity index (χ0n) is 16.9. The Labute approximate surface area is 163 Å². The van der Waals surface area contributed by atoms with Gasteiger partial charge >= 0.3 is 0 Å². The van der Waals surface area contributed by atoms with Gasteiger partial charge in [0.25, 0.3) is 0 Å². The van der Waals surface area contributed by atoms with Gasteiger partial charge in [-0.1, -0.05) is 47.5 Å². The lowest BCUT2D eigenvalue weighted by Gasteiger charge is -2.41. The summed E-state index contributed by atoms with van der Waals surface area (Å²) in [5, 5.41) is 0. The minimum absolute atomic E-state index is 0.191. The average Bonchev–Trinajstić information content (AvgIpc) is 2.92. The van der Waals surface area contributed by atoms with Crippen LogP contribution in [0.1, 0.15) is 35.1 Å². The number of nitrogens with zero attached hydrogens (tertiary/aromatic N) is 1. The van der Waals surface area contributed by atoms with Crippen molar-refractivity contribution in [3.63, 3.8) is 0 Å².